The van der Waals surface area contributed by atoms with E-state index >= 15 is 0 Å². The predicted molar refractivity (Wildman–Crippen MR) is 72.0 cm³/mol. The maximum absolute atomic E-state index is 13.2. The lowest BCUT2D eigenvalue weighted by Gasteiger charge is -2.10. The summed E-state index contributed by atoms with van der Waals surface area (Å²) < 4.78 is 15.7. The summed E-state index contributed by atoms with van der Waals surface area (Å²) in [4.78, 5) is 24.3. The standard InChI is InChI=1S/C13H16FN3O2/c1-15-6-3-7-17-12(18)10-5-4-9(14)8-11(10)16(2)13(17)19/h4-5,8,15H,3,6-7H2,1-2H3. The van der Waals surface area contributed by atoms with E-state index in [9.17, 15) is 14.0 Å². The van der Waals surface area contributed by atoms with Crippen LogP contribution in [0.4, 0.5) is 4.39 Å². The fourth-order valence-electron chi connectivity index (χ4n) is 2.09. The van der Waals surface area contributed by atoms with Crippen molar-refractivity contribution in [3.05, 3.63) is 44.9 Å². The van der Waals surface area contributed by atoms with Gasteiger partial charge in [-0.15, -0.1) is 0 Å². The molecule has 0 aliphatic heterocycles. The van der Waals surface area contributed by atoms with Gasteiger partial charge in [-0.25, -0.2) is 9.18 Å². The Morgan fingerprint density at radius 2 is 2.05 bits per heavy atom. The number of rotatable bonds is 4. The van der Waals surface area contributed by atoms with E-state index in [1.807, 2.05) is 7.05 Å². The van der Waals surface area contributed by atoms with Crippen LogP contribution >= 0.6 is 0 Å². The smallest absolute Gasteiger partial charge is 0.320 e. The van der Waals surface area contributed by atoms with E-state index in [-0.39, 0.29) is 5.56 Å². The summed E-state index contributed by atoms with van der Waals surface area (Å²) in [5.41, 5.74) is -0.465. The summed E-state index contributed by atoms with van der Waals surface area (Å²) in [5.74, 6) is -0.463. The summed E-state index contributed by atoms with van der Waals surface area (Å²) in [6.45, 7) is 1.07. The lowest BCUT2D eigenvalue weighted by molar-refractivity contribution is 0.559. The first-order valence-electron chi connectivity index (χ1n) is 6.10. The maximum Gasteiger partial charge on any atom is 0.331 e. The summed E-state index contributed by atoms with van der Waals surface area (Å²) in [6.07, 6.45) is 0.679. The van der Waals surface area contributed by atoms with Gasteiger partial charge in [-0.05, 0) is 38.2 Å². The molecule has 1 heterocycles. The quantitative estimate of drug-likeness (QED) is 0.817. The first-order valence-corrected chi connectivity index (χ1v) is 6.10. The Balaban J connectivity index is 2.64. The highest BCUT2D eigenvalue weighted by atomic mass is 19.1. The van der Waals surface area contributed by atoms with Crippen LogP contribution in [0.15, 0.2) is 27.8 Å². The Labute approximate surface area is 109 Å². The number of nitrogens with one attached hydrogen (secondary N) is 1. The van der Waals surface area contributed by atoms with Gasteiger partial charge in [-0.3, -0.25) is 13.9 Å². The summed E-state index contributed by atoms with van der Waals surface area (Å²) in [7, 11) is 3.35. The number of fused-ring (bicyclic) bond motifs is 1. The van der Waals surface area contributed by atoms with Gasteiger partial charge < -0.3 is 5.32 Å². The van der Waals surface area contributed by atoms with Gasteiger partial charge in [0.15, 0.2) is 0 Å². The Morgan fingerprint density at radius 1 is 1.32 bits per heavy atom. The van der Waals surface area contributed by atoms with E-state index in [0.29, 0.717) is 23.9 Å². The van der Waals surface area contributed by atoms with Crippen molar-refractivity contribution < 1.29 is 4.39 Å². The zero-order valence-corrected chi connectivity index (χ0v) is 10.9. The van der Waals surface area contributed by atoms with Crippen LogP contribution in [-0.4, -0.2) is 22.7 Å². The van der Waals surface area contributed by atoms with Crippen molar-refractivity contribution in [2.24, 2.45) is 7.05 Å². The van der Waals surface area contributed by atoms with Crippen molar-refractivity contribution in [2.45, 2.75) is 13.0 Å². The highest BCUT2D eigenvalue weighted by molar-refractivity contribution is 5.77. The molecule has 1 aromatic heterocycles. The Hall–Kier alpha value is -1.95. The van der Waals surface area contributed by atoms with E-state index in [1.54, 1.807) is 0 Å². The van der Waals surface area contributed by atoms with Crippen LogP contribution in [0.1, 0.15) is 6.42 Å². The van der Waals surface area contributed by atoms with E-state index in [4.69, 9.17) is 0 Å². The average Bonchev–Trinajstić information content (AvgIpc) is 2.40. The minimum atomic E-state index is -0.463. The molecule has 102 valence electrons. The molecule has 2 rings (SSSR count). The van der Waals surface area contributed by atoms with E-state index < -0.39 is 11.5 Å². The molecule has 0 bridgehead atoms. The lowest BCUT2D eigenvalue weighted by atomic mass is 10.2. The van der Waals surface area contributed by atoms with Crippen molar-refractivity contribution in [2.75, 3.05) is 13.6 Å². The van der Waals surface area contributed by atoms with E-state index in [2.05, 4.69) is 5.32 Å². The molecule has 0 saturated carbocycles. The van der Waals surface area contributed by atoms with Crippen LogP contribution in [0.5, 0.6) is 0 Å². The number of halogens is 1. The molecule has 0 amide bonds. The zero-order chi connectivity index (χ0) is 14.0. The van der Waals surface area contributed by atoms with Gasteiger partial charge in [0.1, 0.15) is 5.82 Å². The molecular formula is C13H16FN3O2. The molecule has 0 saturated heterocycles. The highest BCUT2D eigenvalue weighted by Gasteiger charge is 2.11. The Bertz CT molecular complexity index is 718. The van der Waals surface area contributed by atoms with Crippen molar-refractivity contribution in [3.63, 3.8) is 0 Å². The SMILES string of the molecule is CNCCCn1c(=O)c2ccc(F)cc2n(C)c1=O. The van der Waals surface area contributed by atoms with Crippen LogP contribution in [0.25, 0.3) is 10.9 Å². The molecule has 0 atom stereocenters. The van der Waals surface area contributed by atoms with Crippen LogP contribution < -0.4 is 16.6 Å². The molecule has 6 heteroatoms. The minimum absolute atomic E-state index is 0.319. The molecule has 0 aliphatic rings. The molecule has 0 radical (unpaired) electrons. The summed E-state index contributed by atoms with van der Waals surface area (Å²) in [5, 5.41) is 3.32. The monoisotopic (exact) mass is 265 g/mol. The largest absolute Gasteiger partial charge is 0.331 e. The molecule has 5 nitrogen and oxygen atoms in total. The van der Waals surface area contributed by atoms with Crippen LogP contribution in [0.2, 0.25) is 0 Å². The molecule has 0 fully saturated rings. The van der Waals surface area contributed by atoms with Crippen LogP contribution in [0.3, 0.4) is 0 Å². The van der Waals surface area contributed by atoms with Crippen molar-refractivity contribution in [1.82, 2.24) is 14.5 Å². The highest BCUT2D eigenvalue weighted by Crippen LogP contribution is 2.09. The fourth-order valence-corrected chi connectivity index (χ4v) is 2.09. The number of aryl methyl sites for hydroxylation is 1. The van der Waals surface area contributed by atoms with Gasteiger partial charge in [0.05, 0.1) is 10.9 Å². The number of nitrogens with zero attached hydrogens (tertiary/aromatic N) is 2. The molecule has 1 N–H and O–H groups in total. The summed E-state index contributed by atoms with van der Waals surface area (Å²) in [6, 6.07) is 3.85. The van der Waals surface area contributed by atoms with Gasteiger partial charge in [0.25, 0.3) is 5.56 Å². The zero-order valence-electron chi connectivity index (χ0n) is 10.9. The number of hydrogen-bond donors (Lipinski definition) is 1. The molecule has 0 spiro atoms. The lowest BCUT2D eigenvalue weighted by Crippen LogP contribution is -2.39. The first-order chi connectivity index (χ1) is 9.06. The van der Waals surface area contributed by atoms with Crippen LogP contribution in [0, 0.1) is 5.82 Å². The van der Waals surface area contributed by atoms with Gasteiger partial charge >= 0.3 is 5.69 Å². The summed E-state index contributed by atoms with van der Waals surface area (Å²) >= 11 is 0. The maximum atomic E-state index is 13.2. The second-order valence-corrected chi connectivity index (χ2v) is 4.42. The van der Waals surface area contributed by atoms with Crippen molar-refractivity contribution >= 4 is 10.9 Å². The van der Waals surface area contributed by atoms with Gasteiger partial charge in [0, 0.05) is 13.6 Å². The topological polar surface area (TPSA) is 56.0 Å². The molecular weight excluding hydrogens is 249 g/mol. The first kappa shape index (κ1) is 13.5. The number of hydrogen-bond acceptors (Lipinski definition) is 3. The second kappa shape index (κ2) is 5.36. The third-order valence-corrected chi connectivity index (χ3v) is 3.12. The van der Waals surface area contributed by atoms with E-state index in [1.165, 1.54) is 34.4 Å². The van der Waals surface area contributed by atoms with Crippen LogP contribution in [-0.2, 0) is 13.6 Å². The normalized spacial score (nSPS) is 11.1. The van der Waals surface area contributed by atoms with Gasteiger partial charge in [-0.1, -0.05) is 0 Å². The second-order valence-electron chi connectivity index (χ2n) is 4.42. The minimum Gasteiger partial charge on any atom is -0.320 e. The van der Waals surface area contributed by atoms with Gasteiger partial charge in [0.2, 0.25) is 0 Å². The number of aromatic nitrogens is 2. The third-order valence-electron chi connectivity index (χ3n) is 3.12. The molecule has 0 unspecified atom stereocenters. The number of benzene rings is 1. The average molecular weight is 265 g/mol. The predicted octanol–water partition coefficient (Wildman–Crippen LogP) is 0.449. The third kappa shape index (κ3) is 2.44. The van der Waals surface area contributed by atoms with Gasteiger partial charge in [-0.2, -0.15) is 0 Å². The van der Waals surface area contributed by atoms with E-state index in [0.717, 1.165) is 6.54 Å². The van der Waals surface area contributed by atoms with Crippen molar-refractivity contribution in [3.8, 4) is 0 Å². The Morgan fingerprint density at radius 3 is 2.74 bits per heavy atom. The molecule has 1 aromatic carbocycles. The Kier molecular flexibility index (Phi) is 3.80. The molecule has 2 aromatic rings. The molecule has 19 heavy (non-hydrogen) atoms. The molecule has 0 aliphatic carbocycles. The fraction of sp³-hybridized carbons (Fsp3) is 0.385. The van der Waals surface area contributed by atoms with Crippen molar-refractivity contribution in [1.29, 1.82) is 0 Å².